The Kier molecular flexibility index (Phi) is 4.98. The molecule has 1 N–H and O–H groups in total. The summed E-state index contributed by atoms with van der Waals surface area (Å²) in [6, 6.07) is 13.3. The van der Waals surface area contributed by atoms with Gasteiger partial charge in [-0.25, -0.2) is 0 Å². The molecule has 2 heteroatoms. The van der Waals surface area contributed by atoms with E-state index < -0.39 is 0 Å². The fraction of sp³-hybridized carbons (Fsp3) is 0.304. The van der Waals surface area contributed by atoms with Crippen molar-refractivity contribution < 1.29 is 0 Å². The van der Waals surface area contributed by atoms with Gasteiger partial charge in [0, 0.05) is 20.1 Å². The highest BCUT2D eigenvalue weighted by atomic mass is 15.2. The van der Waals surface area contributed by atoms with E-state index in [1.54, 1.807) is 0 Å². The number of nitrogens with zero attached hydrogens (tertiary/aromatic N) is 1. The minimum atomic E-state index is 0.898. The molecule has 0 radical (unpaired) electrons. The summed E-state index contributed by atoms with van der Waals surface area (Å²) in [5.41, 5.74) is 9.20. The molecular formula is C23H28N2. The average molecular weight is 332 g/mol. The quantitative estimate of drug-likeness (QED) is 0.834. The van der Waals surface area contributed by atoms with Crippen molar-refractivity contribution in [1.29, 1.82) is 0 Å². The van der Waals surface area contributed by atoms with Gasteiger partial charge < -0.3 is 10.2 Å². The van der Waals surface area contributed by atoms with Crippen molar-refractivity contribution >= 4 is 5.57 Å². The van der Waals surface area contributed by atoms with Gasteiger partial charge in [-0.15, -0.1) is 0 Å². The lowest BCUT2D eigenvalue weighted by atomic mass is 9.89. The van der Waals surface area contributed by atoms with E-state index >= 15 is 0 Å². The minimum Gasteiger partial charge on any atom is -0.375 e. The van der Waals surface area contributed by atoms with Crippen molar-refractivity contribution in [1.82, 2.24) is 10.2 Å². The van der Waals surface area contributed by atoms with E-state index in [0.29, 0.717) is 0 Å². The maximum absolute atomic E-state index is 4.25. The molecule has 0 saturated carbocycles. The molecule has 1 heterocycles. The molecule has 130 valence electrons. The molecule has 3 rings (SSSR count). The summed E-state index contributed by atoms with van der Waals surface area (Å²) in [6.07, 6.45) is 2.23. The predicted octanol–water partition coefficient (Wildman–Crippen LogP) is 5.13. The molecule has 0 fully saturated rings. The van der Waals surface area contributed by atoms with Crippen molar-refractivity contribution in [2.45, 2.75) is 33.2 Å². The standard InChI is InChI=1S/C23H28N2/c1-16(2)23-14-19(21-10-7-6-9-17(21)3)13-20-15-25(18(4)24-5)12-8-11-22(20)23/h6-7,9-10,13-14,24H,1,4,8,11-12,15H2,2-3,5H3. The van der Waals surface area contributed by atoms with Gasteiger partial charge in [-0.1, -0.05) is 43.0 Å². The first-order valence-corrected chi connectivity index (χ1v) is 9.00. The zero-order chi connectivity index (χ0) is 18.0. The van der Waals surface area contributed by atoms with Crippen LogP contribution >= 0.6 is 0 Å². The number of hydrogen-bond donors (Lipinski definition) is 1. The first-order valence-electron chi connectivity index (χ1n) is 9.00. The van der Waals surface area contributed by atoms with Gasteiger partial charge in [0.25, 0.3) is 0 Å². The molecule has 0 amide bonds. The van der Waals surface area contributed by atoms with E-state index in [1.165, 1.54) is 33.4 Å². The van der Waals surface area contributed by atoms with E-state index in [2.05, 4.69) is 73.6 Å². The van der Waals surface area contributed by atoms with Crippen LogP contribution in [-0.2, 0) is 13.0 Å². The summed E-state index contributed by atoms with van der Waals surface area (Å²) in [6.45, 7) is 14.6. The van der Waals surface area contributed by atoms with E-state index in [9.17, 15) is 0 Å². The SMILES string of the molecule is C=C(C)c1cc(-c2ccccc2C)cc2c1CCCN(C(=C)NC)C2. The fourth-order valence-corrected chi connectivity index (χ4v) is 3.72. The Morgan fingerprint density at radius 3 is 2.60 bits per heavy atom. The van der Waals surface area contributed by atoms with Crippen LogP contribution in [0.5, 0.6) is 0 Å². The number of fused-ring (bicyclic) bond motifs is 1. The number of aryl methyl sites for hydroxylation is 1. The Balaban J connectivity index is 2.14. The third-order valence-electron chi connectivity index (χ3n) is 5.14. The Morgan fingerprint density at radius 2 is 1.92 bits per heavy atom. The molecule has 2 aromatic rings. The molecule has 0 atom stereocenters. The maximum Gasteiger partial charge on any atom is 0.0939 e. The summed E-state index contributed by atoms with van der Waals surface area (Å²) < 4.78 is 0. The molecular weight excluding hydrogens is 304 g/mol. The van der Waals surface area contributed by atoms with Crippen LogP contribution in [0.2, 0.25) is 0 Å². The molecule has 0 aromatic heterocycles. The molecule has 0 spiro atoms. The van der Waals surface area contributed by atoms with E-state index in [0.717, 1.165) is 37.3 Å². The number of hydrogen-bond acceptors (Lipinski definition) is 2. The molecule has 0 unspecified atom stereocenters. The molecule has 1 aliphatic rings. The second-order valence-electron chi connectivity index (χ2n) is 6.98. The zero-order valence-corrected chi connectivity index (χ0v) is 15.7. The summed E-state index contributed by atoms with van der Waals surface area (Å²) in [4.78, 5) is 2.34. The van der Waals surface area contributed by atoms with Crippen molar-refractivity contribution in [2.24, 2.45) is 0 Å². The van der Waals surface area contributed by atoms with Crippen LogP contribution in [0.4, 0.5) is 0 Å². The van der Waals surface area contributed by atoms with Crippen LogP contribution in [0.15, 0.2) is 55.4 Å². The van der Waals surface area contributed by atoms with Gasteiger partial charge in [-0.2, -0.15) is 0 Å². The molecule has 2 aromatic carbocycles. The van der Waals surface area contributed by atoms with Crippen LogP contribution in [-0.4, -0.2) is 18.5 Å². The third-order valence-corrected chi connectivity index (χ3v) is 5.14. The Labute approximate surface area is 151 Å². The Hall–Kier alpha value is -2.48. The number of nitrogens with one attached hydrogen (secondary N) is 1. The van der Waals surface area contributed by atoms with Crippen molar-refractivity contribution in [2.75, 3.05) is 13.6 Å². The monoisotopic (exact) mass is 332 g/mol. The average Bonchev–Trinajstić information content (AvgIpc) is 2.82. The molecule has 0 bridgehead atoms. The van der Waals surface area contributed by atoms with E-state index in [1.807, 2.05) is 7.05 Å². The fourth-order valence-electron chi connectivity index (χ4n) is 3.72. The van der Waals surface area contributed by atoms with Crippen LogP contribution < -0.4 is 5.32 Å². The highest BCUT2D eigenvalue weighted by Gasteiger charge is 2.19. The second kappa shape index (κ2) is 7.18. The highest BCUT2D eigenvalue weighted by Crippen LogP contribution is 2.33. The Morgan fingerprint density at radius 1 is 1.16 bits per heavy atom. The topological polar surface area (TPSA) is 15.3 Å². The zero-order valence-electron chi connectivity index (χ0n) is 15.7. The highest BCUT2D eigenvalue weighted by molar-refractivity contribution is 5.76. The molecule has 0 aliphatic carbocycles. The summed E-state index contributed by atoms with van der Waals surface area (Å²) in [7, 11) is 1.94. The number of benzene rings is 2. The van der Waals surface area contributed by atoms with Gasteiger partial charge >= 0.3 is 0 Å². The van der Waals surface area contributed by atoms with Crippen LogP contribution in [0, 0.1) is 6.92 Å². The van der Waals surface area contributed by atoms with E-state index in [-0.39, 0.29) is 0 Å². The van der Waals surface area contributed by atoms with Gasteiger partial charge in [0.2, 0.25) is 0 Å². The van der Waals surface area contributed by atoms with E-state index in [4.69, 9.17) is 0 Å². The molecule has 25 heavy (non-hydrogen) atoms. The van der Waals surface area contributed by atoms with Crippen LogP contribution in [0.3, 0.4) is 0 Å². The van der Waals surface area contributed by atoms with Gasteiger partial charge in [0.05, 0.1) is 5.82 Å². The first kappa shape index (κ1) is 17.3. The van der Waals surface area contributed by atoms with Crippen LogP contribution in [0.25, 0.3) is 16.7 Å². The lowest BCUT2D eigenvalue weighted by Crippen LogP contribution is -2.28. The molecule has 0 saturated heterocycles. The Bertz CT molecular complexity index is 817. The first-order chi connectivity index (χ1) is 12.0. The third kappa shape index (κ3) is 3.48. The largest absolute Gasteiger partial charge is 0.375 e. The van der Waals surface area contributed by atoms with Gasteiger partial charge in [0.1, 0.15) is 0 Å². The summed E-state index contributed by atoms with van der Waals surface area (Å²) >= 11 is 0. The van der Waals surface area contributed by atoms with Gasteiger partial charge in [0.15, 0.2) is 0 Å². The lowest BCUT2D eigenvalue weighted by Gasteiger charge is -2.25. The van der Waals surface area contributed by atoms with Crippen molar-refractivity contribution in [3.63, 3.8) is 0 Å². The molecule has 2 nitrogen and oxygen atoms in total. The summed E-state index contributed by atoms with van der Waals surface area (Å²) in [5, 5.41) is 3.20. The number of allylic oxidation sites excluding steroid dienone is 1. The lowest BCUT2D eigenvalue weighted by molar-refractivity contribution is 0.324. The second-order valence-corrected chi connectivity index (χ2v) is 6.98. The van der Waals surface area contributed by atoms with Crippen molar-refractivity contribution in [3.05, 3.63) is 77.6 Å². The number of rotatable bonds is 4. The predicted molar refractivity (Wildman–Crippen MR) is 108 cm³/mol. The van der Waals surface area contributed by atoms with Gasteiger partial charge in [-0.3, -0.25) is 0 Å². The van der Waals surface area contributed by atoms with Gasteiger partial charge in [-0.05, 0) is 72.2 Å². The minimum absolute atomic E-state index is 0.898. The molecule has 1 aliphatic heterocycles. The van der Waals surface area contributed by atoms with Crippen LogP contribution in [0.1, 0.15) is 35.6 Å². The smallest absolute Gasteiger partial charge is 0.0939 e. The maximum atomic E-state index is 4.25. The van der Waals surface area contributed by atoms with Crippen molar-refractivity contribution in [3.8, 4) is 11.1 Å². The summed E-state index contributed by atoms with van der Waals surface area (Å²) in [5.74, 6) is 0.992. The normalized spacial score (nSPS) is 13.8.